The predicted molar refractivity (Wildman–Crippen MR) is 122 cm³/mol. The van der Waals surface area contributed by atoms with E-state index in [1.807, 2.05) is 57.2 Å². The fourth-order valence-corrected chi connectivity index (χ4v) is 4.16. The third-order valence-corrected chi connectivity index (χ3v) is 5.88. The lowest BCUT2D eigenvalue weighted by Gasteiger charge is -2.12. The summed E-state index contributed by atoms with van der Waals surface area (Å²) >= 11 is 0. The first-order chi connectivity index (χ1) is 14.7. The number of nitrogens with one attached hydrogen (secondary N) is 2. The van der Waals surface area contributed by atoms with E-state index in [4.69, 9.17) is 4.74 Å². The van der Waals surface area contributed by atoms with Gasteiger partial charge < -0.3 is 10.1 Å². The third kappa shape index (κ3) is 6.08. The summed E-state index contributed by atoms with van der Waals surface area (Å²) in [5, 5.41) is 2.82. The Balaban J connectivity index is 1.71. The van der Waals surface area contributed by atoms with Crippen molar-refractivity contribution >= 4 is 21.6 Å². The molecule has 0 saturated heterocycles. The molecule has 0 aliphatic carbocycles. The second-order valence-corrected chi connectivity index (χ2v) is 9.13. The average molecular weight is 439 g/mol. The summed E-state index contributed by atoms with van der Waals surface area (Å²) < 4.78 is 33.8. The molecule has 0 atom stereocenters. The van der Waals surface area contributed by atoms with E-state index in [-0.39, 0.29) is 22.5 Å². The molecular weight excluding hydrogens is 412 g/mol. The number of anilines is 1. The molecule has 0 radical (unpaired) electrons. The summed E-state index contributed by atoms with van der Waals surface area (Å²) in [6.07, 6.45) is 0.0582. The zero-order valence-electron chi connectivity index (χ0n) is 17.8. The highest BCUT2D eigenvalue weighted by molar-refractivity contribution is 7.92. The SMILES string of the molecule is Cc1ccccc1NS(=O)(=O)c1cccc(C(=O)NCc2cccc(OC(C)C)c2)c1. The van der Waals surface area contributed by atoms with Gasteiger partial charge in [0.05, 0.1) is 16.7 Å². The number of para-hydroxylation sites is 1. The number of carbonyl (C=O) groups excluding carboxylic acids is 1. The van der Waals surface area contributed by atoms with Gasteiger partial charge in [0, 0.05) is 12.1 Å². The van der Waals surface area contributed by atoms with Crippen molar-refractivity contribution in [2.24, 2.45) is 0 Å². The molecule has 0 bridgehead atoms. The molecule has 2 N–H and O–H groups in total. The van der Waals surface area contributed by atoms with Gasteiger partial charge in [-0.3, -0.25) is 9.52 Å². The van der Waals surface area contributed by atoms with Gasteiger partial charge in [0.1, 0.15) is 5.75 Å². The molecule has 0 aliphatic heterocycles. The Morgan fingerprint density at radius 2 is 1.71 bits per heavy atom. The van der Waals surface area contributed by atoms with E-state index >= 15 is 0 Å². The zero-order valence-corrected chi connectivity index (χ0v) is 18.6. The minimum absolute atomic E-state index is 0.0238. The highest BCUT2D eigenvalue weighted by atomic mass is 32.2. The van der Waals surface area contributed by atoms with Crippen LogP contribution in [-0.4, -0.2) is 20.4 Å². The number of hydrogen-bond donors (Lipinski definition) is 2. The number of aryl methyl sites for hydroxylation is 1. The van der Waals surface area contributed by atoms with E-state index in [0.717, 1.165) is 16.9 Å². The van der Waals surface area contributed by atoms with Crippen LogP contribution in [0.1, 0.15) is 35.3 Å². The molecule has 6 nitrogen and oxygen atoms in total. The zero-order chi connectivity index (χ0) is 22.4. The van der Waals surface area contributed by atoms with Gasteiger partial charge in [0.2, 0.25) is 0 Å². The first-order valence-electron chi connectivity index (χ1n) is 9.97. The highest BCUT2D eigenvalue weighted by Gasteiger charge is 2.17. The number of rotatable bonds is 8. The Morgan fingerprint density at radius 1 is 0.968 bits per heavy atom. The van der Waals surface area contributed by atoms with E-state index < -0.39 is 10.0 Å². The maximum atomic E-state index is 12.8. The maximum absolute atomic E-state index is 12.8. The van der Waals surface area contributed by atoms with Crippen LogP contribution in [-0.2, 0) is 16.6 Å². The lowest BCUT2D eigenvalue weighted by Crippen LogP contribution is -2.23. The van der Waals surface area contributed by atoms with Gasteiger partial charge >= 0.3 is 0 Å². The van der Waals surface area contributed by atoms with Crippen LogP contribution in [0.25, 0.3) is 0 Å². The molecule has 0 aromatic heterocycles. The maximum Gasteiger partial charge on any atom is 0.261 e. The number of ether oxygens (including phenoxy) is 1. The average Bonchev–Trinajstić information content (AvgIpc) is 2.73. The molecule has 0 fully saturated rings. The molecule has 0 saturated carbocycles. The van der Waals surface area contributed by atoms with Gasteiger partial charge in [-0.25, -0.2) is 8.42 Å². The molecule has 7 heteroatoms. The fourth-order valence-electron chi connectivity index (χ4n) is 2.98. The molecule has 3 aromatic rings. The minimum Gasteiger partial charge on any atom is -0.491 e. The first kappa shape index (κ1) is 22.4. The Labute approximate surface area is 183 Å². The second kappa shape index (κ2) is 9.66. The van der Waals surface area contributed by atoms with E-state index in [0.29, 0.717) is 12.2 Å². The van der Waals surface area contributed by atoms with Crippen LogP contribution in [0.4, 0.5) is 5.69 Å². The predicted octanol–water partition coefficient (Wildman–Crippen LogP) is 4.51. The van der Waals surface area contributed by atoms with Gasteiger partial charge in [0.25, 0.3) is 15.9 Å². The molecule has 0 unspecified atom stereocenters. The van der Waals surface area contributed by atoms with Crippen molar-refractivity contribution in [3.8, 4) is 5.75 Å². The van der Waals surface area contributed by atoms with Gasteiger partial charge in [0.15, 0.2) is 0 Å². The van der Waals surface area contributed by atoms with Crippen molar-refractivity contribution in [3.63, 3.8) is 0 Å². The first-order valence-corrected chi connectivity index (χ1v) is 11.5. The number of benzene rings is 3. The smallest absolute Gasteiger partial charge is 0.261 e. The number of amides is 1. The fraction of sp³-hybridized carbons (Fsp3) is 0.208. The van der Waals surface area contributed by atoms with Crippen molar-refractivity contribution < 1.29 is 17.9 Å². The van der Waals surface area contributed by atoms with E-state index in [2.05, 4.69) is 10.0 Å². The molecule has 3 rings (SSSR count). The van der Waals surface area contributed by atoms with Gasteiger partial charge in [-0.1, -0.05) is 36.4 Å². The Morgan fingerprint density at radius 3 is 2.45 bits per heavy atom. The van der Waals surface area contributed by atoms with Crippen LogP contribution in [0.15, 0.2) is 77.7 Å². The van der Waals surface area contributed by atoms with Crippen LogP contribution < -0.4 is 14.8 Å². The van der Waals surface area contributed by atoms with Crippen molar-refractivity contribution in [3.05, 3.63) is 89.5 Å². The van der Waals surface area contributed by atoms with Crippen LogP contribution in [0.3, 0.4) is 0 Å². The standard InChI is InChI=1S/C24H26N2O4S/c1-17(2)30-21-11-6-9-19(14-21)16-25-24(27)20-10-7-12-22(15-20)31(28,29)26-23-13-5-4-8-18(23)3/h4-15,17,26H,16H2,1-3H3,(H,25,27). The van der Waals surface area contributed by atoms with Crippen molar-refractivity contribution in [2.45, 2.75) is 38.3 Å². The minimum atomic E-state index is -3.82. The van der Waals surface area contributed by atoms with Gasteiger partial charge in [-0.15, -0.1) is 0 Å². The van der Waals surface area contributed by atoms with Crippen molar-refractivity contribution in [1.29, 1.82) is 0 Å². The van der Waals surface area contributed by atoms with Crippen LogP contribution in [0.2, 0.25) is 0 Å². The molecular formula is C24H26N2O4S. The summed E-state index contributed by atoms with van der Waals surface area (Å²) in [7, 11) is -3.82. The van der Waals surface area contributed by atoms with Crippen molar-refractivity contribution in [2.75, 3.05) is 4.72 Å². The quantitative estimate of drug-likeness (QED) is 0.542. The summed E-state index contributed by atoms with van der Waals surface area (Å²) in [6.45, 7) is 6.02. The van der Waals surface area contributed by atoms with Crippen molar-refractivity contribution in [1.82, 2.24) is 5.32 Å². The van der Waals surface area contributed by atoms with E-state index in [1.54, 1.807) is 24.3 Å². The molecule has 31 heavy (non-hydrogen) atoms. The highest BCUT2D eigenvalue weighted by Crippen LogP contribution is 2.20. The van der Waals surface area contributed by atoms with Crippen LogP contribution >= 0.6 is 0 Å². The summed E-state index contributed by atoms with van der Waals surface area (Å²) in [5.41, 5.74) is 2.46. The molecule has 1 amide bonds. The lowest BCUT2D eigenvalue weighted by atomic mass is 10.2. The number of hydrogen-bond acceptors (Lipinski definition) is 4. The number of carbonyl (C=O) groups is 1. The Bertz CT molecular complexity index is 1170. The van der Waals surface area contributed by atoms with Gasteiger partial charge in [-0.2, -0.15) is 0 Å². The molecule has 162 valence electrons. The molecule has 0 aliphatic rings. The topological polar surface area (TPSA) is 84.5 Å². The monoisotopic (exact) mass is 438 g/mol. The summed E-state index contributed by atoms with van der Waals surface area (Å²) in [4.78, 5) is 12.6. The third-order valence-electron chi connectivity index (χ3n) is 4.52. The Kier molecular flexibility index (Phi) is 6.97. The summed E-state index contributed by atoms with van der Waals surface area (Å²) in [5.74, 6) is 0.375. The van der Waals surface area contributed by atoms with Gasteiger partial charge in [-0.05, 0) is 68.3 Å². The van der Waals surface area contributed by atoms with E-state index in [1.165, 1.54) is 12.1 Å². The molecule has 0 spiro atoms. The number of sulfonamides is 1. The Hall–Kier alpha value is -3.32. The lowest BCUT2D eigenvalue weighted by molar-refractivity contribution is 0.0950. The largest absolute Gasteiger partial charge is 0.491 e. The van der Waals surface area contributed by atoms with Crippen LogP contribution in [0, 0.1) is 6.92 Å². The molecule has 3 aromatic carbocycles. The normalized spacial score (nSPS) is 11.2. The second-order valence-electron chi connectivity index (χ2n) is 7.44. The summed E-state index contributed by atoms with van der Waals surface area (Å²) in [6, 6.07) is 20.6. The van der Waals surface area contributed by atoms with E-state index in [9.17, 15) is 13.2 Å². The van der Waals surface area contributed by atoms with Crippen LogP contribution in [0.5, 0.6) is 5.75 Å². The molecule has 0 heterocycles.